The molecule has 0 radical (unpaired) electrons. The number of carbonyl (C=O) groups is 3. The number of methoxy groups -OCH3 is 1. The van der Waals surface area contributed by atoms with E-state index in [2.05, 4.69) is 0 Å². The third-order valence-corrected chi connectivity index (χ3v) is 3.95. The molecule has 2 aromatic rings. The summed E-state index contributed by atoms with van der Waals surface area (Å²) < 4.78 is 4.78. The van der Waals surface area contributed by atoms with Crippen LogP contribution in [0, 0.1) is 0 Å². The Balaban J connectivity index is 1.97. The van der Waals surface area contributed by atoms with Gasteiger partial charge in [-0.3, -0.25) is 14.5 Å². The fourth-order valence-corrected chi connectivity index (χ4v) is 2.81. The Morgan fingerprint density at radius 3 is 2.25 bits per heavy atom. The maximum Gasteiger partial charge on any atom is 0.329 e. The molecule has 0 saturated carbocycles. The molecule has 6 heteroatoms. The largest absolute Gasteiger partial charge is 0.508 e. The van der Waals surface area contributed by atoms with E-state index in [0.29, 0.717) is 5.56 Å². The zero-order chi connectivity index (χ0) is 17.3. The van der Waals surface area contributed by atoms with Gasteiger partial charge in [-0.1, -0.05) is 24.3 Å². The Morgan fingerprint density at radius 1 is 1.08 bits per heavy atom. The number of nitrogens with zero attached hydrogens (tertiary/aromatic N) is 1. The number of amides is 2. The molecule has 0 fully saturated rings. The van der Waals surface area contributed by atoms with Crippen molar-refractivity contribution in [1.29, 1.82) is 0 Å². The molecule has 2 aromatic carbocycles. The molecular weight excluding hydrogens is 310 g/mol. The molecule has 0 saturated heterocycles. The lowest BCUT2D eigenvalue weighted by Gasteiger charge is -2.24. The van der Waals surface area contributed by atoms with E-state index in [0.717, 1.165) is 4.90 Å². The molecule has 1 N–H and O–H groups in total. The number of benzene rings is 2. The molecule has 1 aliphatic heterocycles. The van der Waals surface area contributed by atoms with Gasteiger partial charge in [-0.05, 0) is 29.8 Å². The SMILES string of the molecule is COC(=O)C(Cc1cccc(O)c1)N1C(=O)c2ccccc2C1=O. The first kappa shape index (κ1) is 15.7. The number of phenols is 1. The summed E-state index contributed by atoms with van der Waals surface area (Å²) in [5.41, 5.74) is 1.15. The van der Waals surface area contributed by atoms with Crippen molar-refractivity contribution in [2.24, 2.45) is 0 Å². The van der Waals surface area contributed by atoms with Crippen LogP contribution in [0.15, 0.2) is 48.5 Å². The Kier molecular flexibility index (Phi) is 4.04. The van der Waals surface area contributed by atoms with Crippen LogP contribution in [0.2, 0.25) is 0 Å². The topological polar surface area (TPSA) is 83.9 Å². The highest BCUT2D eigenvalue weighted by Gasteiger charge is 2.43. The summed E-state index contributed by atoms with van der Waals surface area (Å²) in [6.07, 6.45) is 0.0620. The number of hydrogen-bond acceptors (Lipinski definition) is 5. The molecule has 122 valence electrons. The summed E-state index contributed by atoms with van der Waals surface area (Å²) in [5.74, 6) is -1.69. The number of phenolic OH excluding ortho intramolecular Hbond substituents is 1. The van der Waals surface area contributed by atoms with Gasteiger partial charge in [0.15, 0.2) is 0 Å². The number of imide groups is 1. The number of rotatable bonds is 4. The second kappa shape index (κ2) is 6.16. The first-order valence-corrected chi connectivity index (χ1v) is 7.35. The predicted molar refractivity (Wildman–Crippen MR) is 84.6 cm³/mol. The lowest BCUT2D eigenvalue weighted by Crippen LogP contribution is -2.46. The summed E-state index contributed by atoms with van der Waals surface area (Å²) in [4.78, 5) is 38.3. The van der Waals surface area contributed by atoms with E-state index in [-0.39, 0.29) is 23.3 Å². The summed E-state index contributed by atoms with van der Waals surface area (Å²) in [5, 5.41) is 9.57. The predicted octanol–water partition coefficient (Wildman–Crippen LogP) is 1.77. The highest BCUT2D eigenvalue weighted by Crippen LogP contribution is 2.26. The molecule has 6 nitrogen and oxygen atoms in total. The molecule has 0 bridgehead atoms. The Labute approximate surface area is 138 Å². The van der Waals surface area contributed by atoms with E-state index in [1.54, 1.807) is 36.4 Å². The molecule has 1 atom stereocenters. The summed E-state index contributed by atoms with van der Waals surface area (Å²) in [7, 11) is 1.20. The molecule has 1 heterocycles. The van der Waals surface area contributed by atoms with Crippen LogP contribution in [0.3, 0.4) is 0 Å². The van der Waals surface area contributed by atoms with Gasteiger partial charge >= 0.3 is 5.97 Å². The van der Waals surface area contributed by atoms with E-state index in [1.165, 1.54) is 19.2 Å². The van der Waals surface area contributed by atoms with Crippen molar-refractivity contribution in [2.75, 3.05) is 7.11 Å². The van der Waals surface area contributed by atoms with Gasteiger partial charge in [-0.2, -0.15) is 0 Å². The summed E-state index contributed by atoms with van der Waals surface area (Å²) in [6, 6.07) is 11.6. The quantitative estimate of drug-likeness (QED) is 0.684. The smallest absolute Gasteiger partial charge is 0.329 e. The van der Waals surface area contributed by atoms with Crippen LogP contribution in [-0.2, 0) is 16.0 Å². The third-order valence-electron chi connectivity index (χ3n) is 3.95. The van der Waals surface area contributed by atoms with Crippen LogP contribution in [0.1, 0.15) is 26.3 Å². The first-order chi connectivity index (χ1) is 11.5. The van der Waals surface area contributed by atoms with Crippen molar-refractivity contribution in [2.45, 2.75) is 12.5 Å². The maximum absolute atomic E-state index is 12.6. The number of hydrogen-bond donors (Lipinski definition) is 1. The lowest BCUT2D eigenvalue weighted by atomic mass is 10.0. The fourth-order valence-electron chi connectivity index (χ4n) is 2.81. The van der Waals surface area contributed by atoms with E-state index in [9.17, 15) is 19.5 Å². The van der Waals surface area contributed by atoms with Gasteiger partial charge in [0.25, 0.3) is 11.8 Å². The van der Waals surface area contributed by atoms with Gasteiger partial charge in [0, 0.05) is 6.42 Å². The van der Waals surface area contributed by atoms with E-state index in [4.69, 9.17) is 4.74 Å². The van der Waals surface area contributed by atoms with E-state index >= 15 is 0 Å². The Bertz CT molecular complexity index is 795. The van der Waals surface area contributed by atoms with Crippen LogP contribution in [0.25, 0.3) is 0 Å². The number of ether oxygens (including phenoxy) is 1. The molecule has 0 aliphatic carbocycles. The van der Waals surface area contributed by atoms with Crippen molar-refractivity contribution in [3.05, 3.63) is 65.2 Å². The second-order valence-electron chi connectivity index (χ2n) is 5.44. The van der Waals surface area contributed by atoms with E-state index < -0.39 is 23.8 Å². The van der Waals surface area contributed by atoms with Crippen LogP contribution in [-0.4, -0.2) is 40.9 Å². The van der Waals surface area contributed by atoms with Gasteiger partial charge < -0.3 is 9.84 Å². The molecule has 24 heavy (non-hydrogen) atoms. The van der Waals surface area contributed by atoms with Crippen molar-refractivity contribution < 1.29 is 24.2 Å². The average molecular weight is 325 g/mol. The molecule has 0 aromatic heterocycles. The average Bonchev–Trinajstić information content (AvgIpc) is 2.84. The molecular formula is C18H15NO5. The molecule has 3 rings (SSSR count). The third kappa shape index (κ3) is 2.62. The normalized spacial score (nSPS) is 14.5. The molecule has 2 amide bonds. The Morgan fingerprint density at radius 2 is 1.71 bits per heavy atom. The van der Waals surface area contributed by atoms with E-state index in [1.807, 2.05) is 0 Å². The van der Waals surface area contributed by atoms with Gasteiger partial charge in [0.2, 0.25) is 0 Å². The minimum atomic E-state index is -1.09. The van der Waals surface area contributed by atoms with Crippen LogP contribution in [0.4, 0.5) is 0 Å². The maximum atomic E-state index is 12.6. The molecule has 1 unspecified atom stereocenters. The summed E-state index contributed by atoms with van der Waals surface area (Å²) in [6.45, 7) is 0. The molecule has 1 aliphatic rings. The standard InChI is InChI=1S/C18H15NO5/c1-24-18(23)15(10-11-5-4-6-12(20)9-11)19-16(21)13-7-2-3-8-14(13)17(19)22/h2-9,15,20H,10H2,1H3. The van der Waals surface area contributed by atoms with Crippen LogP contribution in [0.5, 0.6) is 5.75 Å². The zero-order valence-corrected chi connectivity index (χ0v) is 12.9. The molecule has 0 spiro atoms. The minimum Gasteiger partial charge on any atom is -0.508 e. The zero-order valence-electron chi connectivity index (χ0n) is 12.9. The van der Waals surface area contributed by atoms with Gasteiger partial charge in [0.1, 0.15) is 11.8 Å². The second-order valence-corrected chi connectivity index (χ2v) is 5.44. The lowest BCUT2D eigenvalue weighted by molar-refractivity contribution is -0.145. The van der Waals surface area contributed by atoms with Crippen molar-refractivity contribution in [3.63, 3.8) is 0 Å². The van der Waals surface area contributed by atoms with Crippen LogP contribution < -0.4 is 0 Å². The number of fused-ring (bicyclic) bond motifs is 1. The highest BCUT2D eigenvalue weighted by atomic mass is 16.5. The number of esters is 1. The van der Waals surface area contributed by atoms with Crippen molar-refractivity contribution in [3.8, 4) is 5.75 Å². The van der Waals surface area contributed by atoms with Gasteiger partial charge in [0.05, 0.1) is 18.2 Å². The summed E-state index contributed by atoms with van der Waals surface area (Å²) >= 11 is 0. The van der Waals surface area contributed by atoms with Crippen LogP contribution >= 0.6 is 0 Å². The van der Waals surface area contributed by atoms with Crippen molar-refractivity contribution >= 4 is 17.8 Å². The number of aromatic hydroxyl groups is 1. The van der Waals surface area contributed by atoms with Crippen molar-refractivity contribution in [1.82, 2.24) is 4.90 Å². The van der Waals surface area contributed by atoms with Gasteiger partial charge in [-0.25, -0.2) is 4.79 Å². The van der Waals surface area contributed by atoms with Gasteiger partial charge in [-0.15, -0.1) is 0 Å². The first-order valence-electron chi connectivity index (χ1n) is 7.35. The minimum absolute atomic E-state index is 0.0403. The number of carbonyl (C=O) groups excluding carboxylic acids is 3. The fraction of sp³-hybridized carbons (Fsp3) is 0.167. The monoisotopic (exact) mass is 325 g/mol. The highest BCUT2D eigenvalue weighted by molar-refractivity contribution is 6.22. The Hall–Kier alpha value is -3.15.